The Morgan fingerprint density at radius 1 is 1.00 bits per heavy atom. The lowest BCUT2D eigenvalue weighted by atomic mass is 10.0. The van der Waals surface area contributed by atoms with Crippen molar-refractivity contribution in [1.29, 1.82) is 0 Å². The summed E-state index contributed by atoms with van der Waals surface area (Å²) in [7, 11) is 0. The van der Waals surface area contributed by atoms with E-state index in [1.54, 1.807) is 0 Å². The lowest BCUT2D eigenvalue weighted by Gasteiger charge is -2.23. The molecule has 0 saturated heterocycles. The first-order valence-electron chi connectivity index (χ1n) is 7.69. The van der Waals surface area contributed by atoms with Crippen molar-refractivity contribution in [3.8, 4) is 5.75 Å². The van der Waals surface area contributed by atoms with Gasteiger partial charge in [-0.3, -0.25) is 0 Å². The van der Waals surface area contributed by atoms with E-state index in [4.69, 9.17) is 4.74 Å². The molecule has 0 heterocycles. The van der Waals surface area contributed by atoms with Crippen LogP contribution in [0.25, 0.3) is 0 Å². The molecule has 0 fully saturated rings. The molecule has 1 N–H and O–H groups in total. The highest BCUT2D eigenvalue weighted by Gasteiger charge is 2.12. The van der Waals surface area contributed by atoms with Gasteiger partial charge in [0.05, 0.1) is 0 Å². The number of rotatable bonds is 7. The molecule has 0 saturated carbocycles. The summed E-state index contributed by atoms with van der Waals surface area (Å²) in [5.41, 5.74) is 2.59. The van der Waals surface area contributed by atoms with Crippen molar-refractivity contribution in [3.05, 3.63) is 65.7 Å². The highest BCUT2D eigenvalue weighted by Crippen LogP contribution is 2.17. The van der Waals surface area contributed by atoms with Crippen LogP contribution >= 0.6 is 0 Å². The molecule has 2 aromatic carbocycles. The molecule has 0 amide bonds. The van der Waals surface area contributed by atoms with Crippen LogP contribution < -0.4 is 10.1 Å². The van der Waals surface area contributed by atoms with E-state index >= 15 is 0 Å². The minimum absolute atomic E-state index is 0.302. The quantitative estimate of drug-likeness (QED) is 0.807. The predicted molar refractivity (Wildman–Crippen MR) is 88.7 cm³/mol. The molecule has 2 aromatic rings. The first kappa shape index (κ1) is 15.6. The zero-order valence-electron chi connectivity index (χ0n) is 13.2. The van der Waals surface area contributed by atoms with E-state index < -0.39 is 0 Å². The average molecular weight is 283 g/mol. The summed E-state index contributed by atoms with van der Waals surface area (Å²) in [6.07, 6.45) is 1.07. The van der Waals surface area contributed by atoms with Crippen molar-refractivity contribution >= 4 is 0 Å². The van der Waals surface area contributed by atoms with Crippen LogP contribution in [0.4, 0.5) is 0 Å². The van der Waals surface area contributed by atoms with E-state index in [9.17, 15) is 0 Å². The molecule has 0 spiro atoms. The molecule has 0 aliphatic carbocycles. The first-order valence-corrected chi connectivity index (χ1v) is 7.69. The maximum Gasteiger partial charge on any atom is 0.119 e. The lowest BCUT2D eigenvalue weighted by molar-refractivity contribution is 0.260. The maximum absolute atomic E-state index is 5.84. The van der Waals surface area contributed by atoms with Gasteiger partial charge in [0.25, 0.3) is 0 Å². The van der Waals surface area contributed by atoms with Gasteiger partial charge in [0.2, 0.25) is 0 Å². The van der Waals surface area contributed by atoms with Crippen molar-refractivity contribution in [3.63, 3.8) is 0 Å². The molecule has 0 aromatic heterocycles. The fourth-order valence-electron chi connectivity index (χ4n) is 2.38. The Hall–Kier alpha value is -1.80. The van der Waals surface area contributed by atoms with Crippen LogP contribution in [-0.4, -0.2) is 12.6 Å². The van der Waals surface area contributed by atoms with E-state index in [1.165, 1.54) is 11.1 Å². The zero-order valence-corrected chi connectivity index (χ0v) is 13.2. The topological polar surface area (TPSA) is 21.3 Å². The Morgan fingerprint density at radius 2 is 1.67 bits per heavy atom. The fourth-order valence-corrected chi connectivity index (χ4v) is 2.38. The van der Waals surface area contributed by atoms with Crippen molar-refractivity contribution in [2.24, 2.45) is 0 Å². The summed E-state index contributed by atoms with van der Waals surface area (Å²) in [5, 5.41) is 3.64. The average Bonchev–Trinajstić information content (AvgIpc) is 2.53. The molecule has 0 radical (unpaired) electrons. The number of aryl methyl sites for hydroxylation is 1. The van der Waals surface area contributed by atoms with Gasteiger partial charge in [-0.15, -0.1) is 0 Å². The minimum atomic E-state index is 0.302. The van der Waals surface area contributed by atoms with Crippen LogP contribution in [0.15, 0.2) is 54.6 Å². The first-order chi connectivity index (χ1) is 10.2. The van der Waals surface area contributed by atoms with Crippen molar-refractivity contribution in [1.82, 2.24) is 5.32 Å². The molecular formula is C19H25NO. The third kappa shape index (κ3) is 4.91. The van der Waals surface area contributed by atoms with Crippen LogP contribution in [0.5, 0.6) is 5.75 Å². The standard InChI is InChI=1S/C19H25NO/c1-4-19(17-8-6-5-7-9-17)20-16(3)14-21-18-12-10-15(2)11-13-18/h5-13,16,19-20H,4,14H2,1-3H3. The van der Waals surface area contributed by atoms with Gasteiger partial charge >= 0.3 is 0 Å². The van der Waals surface area contributed by atoms with Crippen LogP contribution in [0.3, 0.4) is 0 Å². The van der Waals surface area contributed by atoms with E-state index in [-0.39, 0.29) is 0 Å². The van der Waals surface area contributed by atoms with E-state index in [0.717, 1.165) is 12.2 Å². The van der Waals surface area contributed by atoms with Gasteiger partial charge in [-0.1, -0.05) is 55.0 Å². The summed E-state index contributed by atoms with van der Waals surface area (Å²) < 4.78 is 5.84. The van der Waals surface area contributed by atoms with Gasteiger partial charge in [-0.25, -0.2) is 0 Å². The Bertz CT molecular complexity index is 521. The molecular weight excluding hydrogens is 258 g/mol. The third-order valence-electron chi connectivity index (χ3n) is 3.62. The fraction of sp³-hybridized carbons (Fsp3) is 0.368. The van der Waals surface area contributed by atoms with Crippen molar-refractivity contribution in [2.75, 3.05) is 6.61 Å². The molecule has 2 heteroatoms. The predicted octanol–water partition coefficient (Wildman–Crippen LogP) is 4.50. The van der Waals surface area contributed by atoms with E-state index in [0.29, 0.717) is 18.7 Å². The minimum Gasteiger partial charge on any atom is -0.492 e. The Labute approximate surface area is 128 Å². The third-order valence-corrected chi connectivity index (χ3v) is 3.62. The molecule has 0 bridgehead atoms. The summed E-state index contributed by atoms with van der Waals surface area (Å²) in [6, 6.07) is 19.5. The molecule has 2 atom stereocenters. The normalized spacial score (nSPS) is 13.7. The summed E-state index contributed by atoms with van der Waals surface area (Å²) >= 11 is 0. The summed E-state index contributed by atoms with van der Waals surface area (Å²) in [6.45, 7) is 7.13. The van der Waals surface area contributed by atoms with Crippen LogP contribution in [0.2, 0.25) is 0 Å². The molecule has 112 valence electrons. The highest BCUT2D eigenvalue weighted by molar-refractivity contribution is 5.26. The van der Waals surface area contributed by atoms with Gasteiger partial charge < -0.3 is 10.1 Å². The molecule has 2 nitrogen and oxygen atoms in total. The summed E-state index contributed by atoms with van der Waals surface area (Å²) in [4.78, 5) is 0. The van der Waals surface area contributed by atoms with Gasteiger partial charge in [0.1, 0.15) is 12.4 Å². The Kier molecular flexibility index (Phi) is 5.82. The van der Waals surface area contributed by atoms with Crippen molar-refractivity contribution < 1.29 is 4.74 Å². The van der Waals surface area contributed by atoms with E-state index in [2.05, 4.69) is 68.6 Å². The smallest absolute Gasteiger partial charge is 0.119 e. The lowest BCUT2D eigenvalue weighted by Crippen LogP contribution is -2.34. The van der Waals surface area contributed by atoms with Crippen LogP contribution in [-0.2, 0) is 0 Å². The van der Waals surface area contributed by atoms with Crippen molar-refractivity contribution in [2.45, 2.75) is 39.3 Å². The zero-order chi connectivity index (χ0) is 15.1. The Morgan fingerprint density at radius 3 is 2.29 bits per heavy atom. The molecule has 21 heavy (non-hydrogen) atoms. The highest BCUT2D eigenvalue weighted by atomic mass is 16.5. The molecule has 0 aliphatic heterocycles. The van der Waals surface area contributed by atoms with E-state index in [1.807, 2.05) is 12.1 Å². The van der Waals surface area contributed by atoms with Gasteiger partial charge in [0.15, 0.2) is 0 Å². The summed E-state index contributed by atoms with van der Waals surface area (Å²) in [5.74, 6) is 0.932. The molecule has 0 aliphatic rings. The van der Waals surface area contributed by atoms with Gasteiger partial charge in [-0.05, 0) is 38.0 Å². The second kappa shape index (κ2) is 7.84. The second-order valence-corrected chi connectivity index (χ2v) is 5.56. The van der Waals surface area contributed by atoms with Crippen LogP contribution in [0.1, 0.15) is 37.4 Å². The number of benzene rings is 2. The van der Waals surface area contributed by atoms with Gasteiger partial charge in [-0.2, -0.15) is 0 Å². The Balaban J connectivity index is 1.85. The molecule has 2 rings (SSSR count). The number of hydrogen-bond donors (Lipinski definition) is 1. The number of hydrogen-bond acceptors (Lipinski definition) is 2. The second-order valence-electron chi connectivity index (χ2n) is 5.56. The largest absolute Gasteiger partial charge is 0.492 e. The maximum atomic E-state index is 5.84. The molecule has 2 unspecified atom stereocenters. The van der Waals surface area contributed by atoms with Crippen LogP contribution in [0, 0.1) is 6.92 Å². The van der Waals surface area contributed by atoms with Gasteiger partial charge in [0, 0.05) is 12.1 Å². The monoisotopic (exact) mass is 283 g/mol. The number of nitrogens with one attached hydrogen (secondary N) is 1. The SMILES string of the molecule is CCC(NC(C)COc1ccc(C)cc1)c1ccccc1. The number of ether oxygens (including phenoxy) is 1.